The van der Waals surface area contributed by atoms with Gasteiger partial charge in [0, 0.05) is 19.2 Å². The van der Waals surface area contributed by atoms with Crippen LogP contribution in [-0.2, 0) is 26.0 Å². The molecular formula is C19H23N3O4S. The van der Waals surface area contributed by atoms with Crippen molar-refractivity contribution >= 4 is 27.5 Å². The molecule has 2 aromatic carbocycles. The van der Waals surface area contributed by atoms with Crippen LogP contribution in [0.15, 0.2) is 59.5 Å². The minimum atomic E-state index is -3.85. The molecule has 144 valence electrons. The van der Waals surface area contributed by atoms with Crippen molar-refractivity contribution in [2.45, 2.75) is 31.2 Å². The minimum absolute atomic E-state index is 0.0144. The van der Waals surface area contributed by atoms with Crippen molar-refractivity contribution in [3.63, 3.8) is 0 Å². The summed E-state index contributed by atoms with van der Waals surface area (Å²) in [5.74, 6) is -0.645. The van der Waals surface area contributed by atoms with Gasteiger partial charge in [0.15, 0.2) is 0 Å². The molecule has 7 nitrogen and oxygen atoms in total. The Morgan fingerprint density at radius 2 is 1.63 bits per heavy atom. The summed E-state index contributed by atoms with van der Waals surface area (Å²) < 4.78 is 27.1. The molecule has 0 saturated heterocycles. The van der Waals surface area contributed by atoms with Gasteiger partial charge in [-0.15, -0.1) is 0 Å². The van der Waals surface area contributed by atoms with E-state index in [9.17, 15) is 18.0 Å². The van der Waals surface area contributed by atoms with Crippen LogP contribution in [0.4, 0.5) is 5.69 Å². The van der Waals surface area contributed by atoms with Crippen molar-refractivity contribution in [1.82, 2.24) is 10.0 Å². The standard InChI is InChI=1S/C19H23N3O4S/c1-14(19(24)20-13-12-16-6-4-3-5-7-16)22-27(25,26)18-10-8-17(9-11-18)21-15(2)23/h3-11,14,22H,12-13H2,1-2H3,(H,20,24)(H,21,23)/t14-/m0/s1. The fourth-order valence-corrected chi connectivity index (χ4v) is 3.61. The van der Waals surface area contributed by atoms with E-state index in [-0.39, 0.29) is 10.8 Å². The lowest BCUT2D eigenvalue weighted by molar-refractivity contribution is -0.122. The second kappa shape index (κ2) is 9.29. The predicted octanol–water partition coefficient (Wildman–Crippen LogP) is 1.67. The second-order valence-electron chi connectivity index (χ2n) is 6.08. The highest BCUT2D eigenvalue weighted by Gasteiger charge is 2.21. The highest BCUT2D eigenvalue weighted by atomic mass is 32.2. The molecule has 0 aliphatic carbocycles. The normalized spacial score (nSPS) is 12.2. The Kier molecular flexibility index (Phi) is 7.09. The van der Waals surface area contributed by atoms with Crippen LogP contribution in [0.25, 0.3) is 0 Å². The molecule has 0 unspecified atom stereocenters. The molecule has 0 aliphatic heterocycles. The van der Waals surface area contributed by atoms with Crippen LogP contribution in [0, 0.1) is 0 Å². The van der Waals surface area contributed by atoms with Crippen LogP contribution in [0.5, 0.6) is 0 Å². The van der Waals surface area contributed by atoms with Crippen molar-refractivity contribution in [2.75, 3.05) is 11.9 Å². The molecule has 8 heteroatoms. The van der Waals surface area contributed by atoms with Gasteiger partial charge >= 0.3 is 0 Å². The molecule has 0 aliphatic rings. The fourth-order valence-electron chi connectivity index (χ4n) is 2.40. The SMILES string of the molecule is CC(=O)Nc1ccc(S(=O)(=O)N[C@@H](C)C(=O)NCCc2ccccc2)cc1. The smallest absolute Gasteiger partial charge is 0.241 e. The van der Waals surface area contributed by atoms with Gasteiger partial charge in [0.05, 0.1) is 10.9 Å². The first-order chi connectivity index (χ1) is 12.8. The first-order valence-electron chi connectivity index (χ1n) is 8.49. The zero-order valence-electron chi connectivity index (χ0n) is 15.2. The van der Waals surface area contributed by atoms with E-state index in [1.54, 1.807) is 0 Å². The van der Waals surface area contributed by atoms with Crippen LogP contribution in [0.3, 0.4) is 0 Å². The Morgan fingerprint density at radius 3 is 2.22 bits per heavy atom. The first kappa shape index (κ1) is 20.6. The summed E-state index contributed by atoms with van der Waals surface area (Å²) in [6.07, 6.45) is 0.663. The van der Waals surface area contributed by atoms with E-state index in [0.717, 1.165) is 5.56 Å². The molecule has 2 aromatic rings. The fraction of sp³-hybridized carbons (Fsp3) is 0.263. The monoisotopic (exact) mass is 389 g/mol. The van der Waals surface area contributed by atoms with Gasteiger partial charge in [-0.05, 0) is 43.2 Å². The van der Waals surface area contributed by atoms with E-state index < -0.39 is 22.0 Å². The lowest BCUT2D eigenvalue weighted by Gasteiger charge is -2.15. The number of rotatable bonds is 8. The third-order valence-corrected chi connectivity index (χ3v) is 5.32. The molecule has 0 aromatic heterocycles. The van der Waals surface area contributed by atoms with Gasteiger partial charge < -0.3 is 10.6 Å². The van der Waals surface area contributed by atoms with Crippen LogP contribution in [0.1, 0.15) is 19.4 Å². The summed E-state index contributed by atoms with van der Waals surface area (Å²) >= 11 is 0. The average Bonchev–Trinajstić information content (AvgIpc) is 2.62. The quantitative estimate of drug-likeness (QED) is 0.639. The van der Waals surface area contributed by atoms with Crippen molar-refractivity contribution in [3.8, 4) is 0 Å². The maximum absolute atomic E-state index is 12.4. The van der Waals surface area contributed by atoms with Gasteiger partial charge in [-0.1, -0.05) is 30.3 Å². The van der Waals surface area contributed by atoms with Crippen LogP contribution in [0.2, 0.25) is 0 Å². The van der Waals surface area contributed by atoms with E-state index in [1.165, 1.54) is 38.1 Å². The summed E-state index contributed by atoms with van der Waals surface area (Å²) in [5.41, 5.74) is 1.58. The second-order valence-corrected chi connectivity index (χ2v) is 7.79. The Hall–Kier alpha value is -2.71. The first-order valence-corrected chi connectivity index (χ1v) is 9.98. The van der Waals surface area contributed by atoms with Gasteiger partial charge in [-0.2, -0.15) is 4.72 Å². The highest BCUT2D eigenvalue weighted by Crippen LogP contribution is 2.14. The average molecular weight is 389 g/mol. The highest BCUT2D eigenvalue weighted by molar-refractivity contribution is 7.89. The van der Waals surface area contributed by atoms with E-state index in [4.69, 9.17) is 0 Å². The zero-order valence-corrected chi connectivity index (χ0v) is 16.0. The number of anilines is 1. The molecule has 3 N–H and O–H groups in total. The number of nitrogens with one attached hydrogen (secondary N) is 3. The Balaban J connectivity index is 1.89. The predicted molar refractivity (Wildman–Crippen MR) is 104 cm³/mol. The number of carbonyl (C=O) groups excluding carboxylic acids is 2. The van der Waals surface area contributed by atoms with Crippen LogP contribution in [-0.4, -0.2) is 32.8 Å². The number of sulfonamides is 1. The molecule has 0 bridgehead atoms. The molecule has 0 fully saturated rings. The number of hydrogen-bond acceptors (Lipinski definition) is 4. The maximum Gasteiger partial charge on any atom is 0.241 e. The number of carbonyl (C=O) groups is 2. The van der Waals surface area contributed by atoms with Crippen LogP contribution < -0.4 is 15.4 Å². The lowest BCUT2D eigenvalue weighted by atomic mass is 10.1. The molecule has 0 heterocycles. The van der Waals surface area contributed by atoms with Crippen LogP contribution >= 0.6 is 0 Å². The van der Waals surface area contributed by atoms with E-state index >= 15 is 0 Å². The van der Waals surface area contributed by atoms with Gasteiger partial charge in [-0.25, -0.2) is 8.42 Å². The summed E-state index contributed by atoms with van der Waals surface area (Å²) in [6.45, 7) is 3.27. The van der Waals surface area contributed by atoms with Crippen molar-refractivity contribution in [1.29, 1.82) is 0 Å². The third kappa shape index (κ3) is 6.50. The number of benzene rings is 2. The molecular weight excluding hydrogens is 366 g/mol. The lowest BCUT2D eigenvalue weighted by Crippen LogP contribution is -2.45. The third-order valence-electron chi connectivity index (χ3n) is 3.77. The summed E-state index contributed by atoms with van der Waals surface area (Å²) in [6, 6.07) is 14.5. The molecule has 0 radical (unpaired) electrons. The van der Waals surface area contributed by atoms with Gasteiger partial charge in [0.2, 0.25) is 21.8 Å². The topological polar surface area (TPSA) is 104 Å². The van der Waals surface area contributed by atoms with Gasteiger partial charge in [0.25, 0.3) is 0 Å². The van der Waals surface area contributed by atoms with E-state index in [2.05, 4.69) is 15.4 Å². The molecule has 1 atom stereocenters. The molecule has 27 heavy (non-hydrogen) atoms. The van der Waals surface area contributed by atoms with E-state index in [1.807, 2.05) is 30.3 Å². The molecule has 0 spiro atoms. The van der Waals surface area contributed by atoms with Gasteiger partial charge in [0.1, 0.15) is 0 Å². The molecule has 0 saturated carbocycles. The number of amides is 2. The van der Waals surface area contributed by atoms with Gasteiger partial charge in [-0.3, -0.25) is 9.59 Å². The van der Waals surface area contributed by atoms with Crippen molar-refractivity contribution in [2.24, 2.45) is 0 Å². The Bertz CT molecular complexity index is 881. The Labute approximate surface area is 159 Å². The zero-order chi connectivity index (χ0) is 19.9. The molecule has 2 amide bonds. The summed E-state index contributed by atoms with van der Waals surface area (Å²) in [4.78, 5) is 23.2. The van der Waals surface area contributed by atoms with Crippen molar-refractivity contribution in [3.05, 3.63) is 60.2 Å². The summed E-state index contributed by atoms with van der Waals surface area (Å²) in [7, 11) is -3.85. The largest absolute Gasteiger partial charge is 0.354 e. The molecule has 2 rings (SSSR count). The number of hydrogen-bond donors (Lipinski definition) is 3. The van der Waals surface area contributed by atoms with E-state index in [0.29, 0.717) is 18.7 Å². The maximum atomic E-state index is 12.4. The Morgan fingerprint density at radius 1 is 1.00 bits per heavy atom. The van der Waals surface area contributed by atoms with Crippen molar-refractivity contribution < 1.29 is 18.0 Å². The minimum Gasteiger partial charge on any atom is -0.354 e. The summed E-state index contributed by atoms with van der Waals surface area (Å²) in [5, 5.41) is 5.28.